The van der Waals surface area contributed by atoms with Crippen LogP contribution < -0.4 is 15.5 Å². The first-order valence-electron chi connectivity index (χ1n) is 11.7. The standard InChI is InChI=1S/C23H27N6O7P/c1-3-24-23(30)28-20-17-21(26-12-25-20)29(13-27-17)22-19-18(15(34-22)11-33-37(2,31)32)35-16(36-19)10-9-14-7-5-4-6-8-14/h4-10,12-13,15-16,18-19,22H,3,11H2,1-2H3,(H,31,32)(H2,24,25,26,28,30)/p-1/b10-9+/t15-,16+,18?,19+,22-/m1/s1. The molecule has 2 amide bonds. The van der Waals surface area contributed by atoms with E-state index in [4.69, 9.17) is 18.7 Å². The summed E-state index contributed by atoms with van der Waals surface area (Å²) in [6, 6.07) is 9.25. The summed E-state index contributed by atoms with van der Waals surface area (Å²) in [4.78, 5) is 36.5. The van der Waals surface area contributed by atoms with Crippen LogP contribution in [0, 0.1) is 0 Å². The van der Waals surface area contributed by atoms with Gasteiger partial charge in [-0.15, -0.1) is 0 Å². The molecule has 0 saturated carbocycles. The molecule has 0 bridgehead atoms. The van der Waals surface area contributed by atoms with Crippen LogP contribution in [-0.2, 0) is 23.3 Å². The lowest BCUT2D eigenvalue weighted by atomic mass is 10.1. The molecule has 4 heterocycles. The molecule has 2 N–H and O–H groups in total. The second-order valence-corrected chi connectivity index (χ2v) is 10.3. The van der Waals surface area contributed by atoms with Gasteiger partial charge in [0.05, 0.1) is 12.9 Å². The van der Waals surface area contributed by atoms with Gasteiger partial charge in [0.2, 0.25) is 0 Å². The molecule has 196 valence electrons. The Bertz CT molecular complexity index is 1330. The Morgan fingerprint density at radius 2 is 1.97 bits per heavy atom. The first-order valence-corrected chi connectivity index (χ1v) is 13.7. The third-order valence-electron chi connectivity index (χ3n) is 5.79. The molecule has 0 aliphatic carbocycles. The highest BCUT2D eigenvalue weighted by atomic mass is 31.2. The molecule has 0 radical (unpaired) electrons. The number of fused-ring (bicyclic) bond motifs is 2. The first-order chi connectivity index (χ1) is 17.8. The minimum atomic E-state index is -3.99. The molecular weight excluding hydrogens is 503 g/mol. The predicted octanol–water partition coefficient (Wildman–Crippen LogP) is 1.89. The number of carbonyl (C=O) groups is 1. The van der Waals surface area contributed by atoms with E-state index < -0.39 is 44.5 Å². The lowest BCUT2D eigenvalue weighted by Crippen LogP contribution is -2.32. The lowest BCUT2D eigenvalue weighted by molar-refractivity contribution is -0.201. The second-order valence-electron chi connectivity index (χ2n) is 8.50. The Kier molecular flexibility index (Phi) is 7.33. The normalized spacial score (nSPS) is 26.8. The molecular formula is C23H26N6O7P-. The van der Waals surface area contributed by atoms with Gasteiger partial charge in [-0.05, 0) is 18.6 Å². The van der Waals surface area contributed by atoms with Crippen molar-refractivity contribution in [3.63, 3.8) is 0 Å². The van der Waals surface area contributed by atoms with Crippen LogP contribution in [-0.4, -0.2) is 70.0 Å². The van der Waals surface area contributed by atoms with Crippen molar-refractivity contribution in [3.8, 4) is 0 Å². The number of hydrogen-bond acceptors (Lipinski definition) is 10. The van der Waals surface area contributed by atoms with E-state index in [-0.39, 0.29) is 12.4 Å². The molecule has 6 atom stereocenters. The van der Waals surface area contributed by atoms with Crippen LogP contribution in [0.5, 0.6) is 0 Å². The van der Waals surface area contributed by atoms with Crippen molar-refractivity contribution in [2.24, 2.45) is 0 Å². The van der Waals surface area contributed by atoms with Crippen molar-refractivity contribution in [2.75, 3.05) is 25.1 Å². The molecule has 14 heteroatoms. The van der Waals surface area contributed by atoms with Crippen LogP contribution in [0.2, 0.25) is 0 Å². The van der Waals surface area contributed by atoms with E-state index in [0.29, 0.717) is 17.7 Å². The van der Waals surface area contributed by atoms with Gasteiger partial charge in [0.15, 0.2) is 29.5 Å². The molecule has 2 unspecified atom stereocenters. The van der Waals surface area contributed by atoms with E-state index in [1.165, 1.54) is 12.7 Å². The zero-order valence-corrected chi connectivity index (χ0v) is 21.0. The van der Waals surface area contributed by atoms with Gasteiger partial charge in [0.1, 0.15) is 32.2 Å². The zero-order chi connectivity index (χ0) is 26.0. The Labute approximate surface area is 212 Å². The Balaban J connectivity index is 1.41. The van der Waals surface area contributed by atoms with E-state index in [0.717, 1.165) is 12.2 Å². The number of amides is 2. The average Bonchev–Trinajstić information content (AvgIpc) is 3.56. The number of urea groups is 1. The molecule has 37 heavy (non-hydrogen) atoms. The maximum Gasteiger partial charge on any atom is 0.320 e. The predicted molar refractivity (Wildman–Crippen MR) is 130 cm³/mol. The van der Waals surface area contributed by atoms with Gasteiger partial charge in [0.25, 0.3) is 0 Å². The molecule has 2 saturated heterocycles. The smallest absolute Gasteiger partial charge is 0.320 e. The molecule has 3 aromatic rings. The molecule has 13 nitrogen and oxygen atoms in total. The highest BCUT2D eigenvalue weighted by Gasteiger charge is 2.53. The number of aromatic nitrogens is 4. The number of rotatable bonds is 8. The van der Waals surface area contributed by atoms with Crippen LogP contribution in [0.4, 0.5) is 10.6 Å². The van der Waals surface area contributed by atoms with E-state index in [9.17, 15) is 14.3 Å². The third kappa shape index (κ3) is 5.72. The third-order valence-corrected chi connectivity index (χ3v) is 6.41. The average molecular weight is 529 g/mol. The fourth-order valence-corrected chi connectivity index (χ4v) is 4.63. The monoisotopic (exact) mass is 529 g/mol. The molecule has 2 aliphatic rings. The van der Waals surface area contributed by atoms with Crippen LogP contribution in [0.3, 0.4) is 0 Å². The number of nitrogens with zero attached hydrogens (tertiary/aromatic N) is 4. The van der Waals surface area contributed by atoms with Crippen LogP contribution in [0.1, 0.15) is 18.7 Å². The van der Waals surface area contributed by atoms with Crippen molar-refractivity contribution < 1.29 is 33.0 Å². The highest BCUT2D eigenvalue weighted by molar-refractivity contribution is 7.50. The largest absolute Gasteiger partial charge is 0.779 e. The lowest BCUT2D eigenvalue weighted by Gasteiger charge is -2.23. The van der Waals surface area contributed by atoms with Gasteiger partial charge >= 0.3 is 6.03 Å². The summed E-state index contributed by atoms with van der Waals surface area (Å²) < 4.78 is 36.8. The van der Waals surface area contributed by atoms with Crippen LogP contribution in [0.25, 0.3) is 17.2 Å². The van der Waals surface area contributed by atoms with E-state index in [1.807, 2.05) is 36.4 Å². The van der Waals surface area contributed by atoms with Gasteiger partial charge in [-0.25, -0.2) is 19.7 Å². The van der Waals surface area contributed by atoms with Crippen molar-refractivity contribution in [1.29, 1.82) is 0 Å². The van der Waals surface area contributed by atoms with E-state index in [2.05, 4.69) is 25.6 Å². The minimum Gasteiger partial charge on any atom is -0.779 e. The van der Waals surface area contributed by atoms with Crippen LogP contribution in [0.15, 0.2) is 49.1 Å². The molecule has 5 rings (SSSR count). The number of imidazole rings is 1. The molecule has 1 aromatic carbocycles. The summed E-state index contributed by atoms with van der Waals surface area (Å²) >= 11 is 0. The van der Waals surface area contributed by atoms with Crippen molar-refractivity contribution in [3.05, 3.63) is 54.6 Å². The van der Waals surface area contributed by atoms with Crippen LogP contribution >= 0.6 is 7.60 Å². The van der Waals surface area contributed by atoms with Gasteiger partial charge in [0, 0.05) is 13.2 Å². The summed E-state index contributed by atoms with van der Waals surface area (Å²) in [5, 5.41) is 5.29. The Hall–Kier alpha value is -3.19. The quantitative estimate of drug-likeness (QED) is 0.412. The van der Waals surface area contributed by atoms with Gasteiger partial charge < -0.3 is 33.5 Å². The first kappa shape index (κ1) is 25.5. The van der Waals surface area contributed by atoms with Gasteiger partial charge in [-0.2, -0.15) is 0 Å². The molecule has 2 fully saturated rings. The fraction of sp³-hybridized carbons (Fsp3) is 0.391. The Morgan fingerprint density at radius 3 is 2.73 bits per heavy atom. The number of benzene rings is 1. The highest BCUT2D eigenvalue weighted by Crippen LogP contribution is 2.42. The number of ether oxygens (including phenoxy) is 3. The molecule has 0 spiro atoms. The zero-order valence-electron chi connectivity index (χ0n) is 20.1. The summed E-state index contributed by atoms with van der Waals surface area (Å²) in [6.45, 7) is 3.01. The van der Waals surface area contributed by atoms with Crippen molar-refractivity contribution in [2.45, 2.75) is 37.8 Å². The SMILES string of the molecule is CCNC(=O)Nc1ncnc2c1ncn2[C@@H]1O[C@H](COP(C)(=O)[O-])C2O[C@H](/C=C/c3ccccc3)O[C@@H]21. The summed E-state index contributed by atoms with van der Waals surface area (Å²) in [7, 11) is -3.99. The number of hydrogen-bond donors (Lipinski definition) is 2. The number of carbonyl (C=O) groups excluding carboxylic acids is 1. The maximum absolute atomic E-state index is 12.0. The second kappa shape index (κ2) is 10.7. The Morgan fingerprint density at radius 1 is 1.19 bits per heavy atom. The summed E-state index contributed by atoms with van der Waals surface area (Å²) in [6.07, 6.45) is 3.05. The van der Waals surface area contributed by atoms with Gasteiger partial charge in [-0.1, -0.05) is 36.4 Å². The van der Waals surface area contributed by atoms with Crippen molar-refractivity contribution in [1.82, 2.24) is 24.8 Å². The molecule has 2 aliphatic heterocycles. The fourth-order valence-electron chi connectivity index (χ4n) is 4.21. The van der Waals surface area contributed by atoms with Crippen molar-refractivity contribution >= 4 is 36.7 Å². The number of nitrogens with one attached hydrogen (secondary N) is 2. The summed E-state index contributed by atoms with van der Waals surface area (Å²) in [5.41, 5.74) is 1.72. The topological polar surface area (TPSA) is 162 Å². The van der Waals surface area contributed by atoms with Gasteiger partial charge in [-0.3, -0.25) is 9.88 Å². The molecule has 2 aromatic heterocycles. The summed E-state index contributed by atoms with van der Waals surface area (Å²) in [5.74, 6) is 0.231. The van der Waals surface area contributed by atoms with E-state index >= 15 is 0 Å². The number of anilines is 1. The van der Waals surface area contributed by atoms with E-state index in [1.54, 1.807) is 17.6 Å². The minimum absolute atomic E-state index is 0.231. The maximum atomic E-state index is 12.0.